The van der Waals surface area contributed by atoms with Gasteiger partial charge in [0.25, 0.3) is 0 Å². The molecule has 2 heterocycles. The average molecular weight is 412 g/mol. The maximum absolute atomic E-state index is 12.8. The predicted octanol–water partition coefficient (Wildman–Crippen LogP) is 3.19. The number of rotatable bonds is 6. The average Bonchev–Trinajstić information content (AvgIpc) is 2.98. The Labute approximate surface area is 166 Å². The summed E-state index contributed by atoms with van der Waals surface area (Å²) in [7, 11) is -3.47. The van der Waals surface area contributed by atoms with Gasteiger partial charge in [0.05, 0.1) is 10.8 Å². The van der Waals surface area contributed by atoms with Crippen LogP contribution in [-0.4, -0.2) is 48.5 Å². The SMILES string of the molecule is O=C(CSc1ccc(S(=O)(=O)N2CCCCCC2)cn1)NC1CCCCC1. The maximum atomic E-state index is 12.8. The van der Waals surface area contributed by atoms with Gasteiger partial charge < -0.3 is 5.32 Å². The second-order valence-corrected chi connectivity index (χ2v) is 10.3. The molecule has 1 saturated carbocycles. The van der Waals surface area contributed by atoms with Gasteiger partial charge in [-0.15, -0.1) is 0 Å². The van der Waals surface area contributed by atoms with Crippen molar-refractivity contribution in [2.45, 2.75) is 73.8 Å². The van der Waals surface area contributed by atoms with Gasteiger partial charge in [-0.05, 0) is 37.8 Å². The van der Waals surface area contributed by atoms with E-state index in [0.29, 0.717) is 29.9 Å². The fourth-order valence-corrected chi connectivity index (χ4v) is 5.81. The molecular weight excluding hydrogens is 382 g/mol. The van der Waals surface area contributed by atoms with Crippen LogP contribution in [0.4, 0.5) is 0 Å². The van der Waals surface area contributed by atoms with E-state index in [1.54, 1.807) is 16.4 Å². The number of hydrogen-bond acceptors (Lipinski definition) is 5. The zero-order chi connectivity index (χ0) is 19.1. The van der Waals surface area contributed by atoms with Gasteiger partial charge in [0.1, 0.15) is 4.90 Å². The van der Waals surface area contributed by atoms with Gasteiger partial charge in [0, 0.05) is 25.3 Å². The third-order valence-electron chi connectivity index (χ3n) is 5.23. The molecule has 0 radical (unpaired) electrons. The first-order valence-corrected chi connectivity index (χ1v) is 12.4. The van der Waals surface area contributed by atoms with Crippen molar-refractivity contribution in [1.29, 1.82) is 0 Å². The zero-order valence-corrected chi connectivity index (χ0v) is 17.4. The molecule has 27 heavy (non-hydrogen) atoms. The standard InChI is InChI=1S/C19H29N3O3S2/c23-18(21-16-8-4-3-5-9-16)15-26-19-11-10-17(14-20-19)27(24,25)22-12-6-1-2-7-13-22/h10-11,14,16H,1-9,12-13,15H2,(H,21,23). The molecule has 1 N–H and O–H groups in total. The molecule has 2 aliphatic rings. The molecule has 1 saturated heterocycles. The first kappa shape index (κ1) is 20.6. The van der Waals surface area contributed by atoms with E-state index in [4.69, 9.17) is 0 Å². The molecule has 1 amide bonds. The van der Waals surface area contributed by atoms with Crippen molar-refractivity contribution in [1.82, 2.24) is 14.6 Å². The molecule has 150 valence electrons. The fraction of sp³-hybridized carbons (Fsp3) is 0.684. The smallest absolute Gasteiger partial charge is 0.244 e. The number of carbonyl (C=O) groups excluding carboxylic acids is 1. The summed E-state index contributed by atoms with van der Waals surface area (Å²) >= 11 is 1.34. The number of amides is 1. The second-order valence-electron chi connectivity index (χ2n) is 7.34. The van der Waals surface area contributed by atoms with Crippen LogP contribution in [0.15, 0.2) is 28.3 Å². The van der Waals surface area contributed by atoms with E-state index >= 15 is 0 Å². The molecule has 0 atom stereocenters. The highest BCUT2D eigenvalue weighted by Crippen LogP contribution is 2.22. The Balaban J connectivity index is 1.52. The molecule has 1 aromatic heterocycles. The lowest BCUT2D eigenvalue weighted by molar-refractivity contribution is -0.119. The number of aromatic nitrogens is 1. The fourth-order valence-electron chi connectivity index (χ4n) is 3.69. The number of hydrogen-bond donors (Lipinski definition) is 1. The van der Waals surface area contributed by atoms with E-state index < -0.39 is 10.0 Å². The lowest BCUT2D eigenvalue weighted by Gasteiger charge is -2.22. The predicted molar refractivity (Wildman–Crippen MR) is 107 cm³/mol. The molecule has 0 spiro atoms. The lowest BCUT2D eigenvalue weighted by Crippen LogP contribution is -2.37. The first-order chi connectivity index (χ1) is 13.1. The first-order valence-electron chi connectivity index (χ1n) is 9.94. The topological polar surface area (TPSA) is 79.4 Å². The van der Waals surface area contributed by atoms with Gasteiger partial charge in [-0.2, -0.15) is 4.31 Å². The highest BCUT2D eigenvalue weighted by atomic mass is 32.2. The summed E-state index contributed by atoms with van der Waals surface area (Å²) in [5, 5.41) is 3.75. The summed E-state index contributed by atoms with van der Waals surface area (Å²) < 4.78 is 27.1. The number of thioether (sulfide) groups is 1. The maximum Gasteiger partial charge on any atom is 0.244 e. The minimum absolute atomic E-state index is 0.0231. The molecule has 1 aliphatic heterocycles. The van der Waals surface area contributed by atoms with Crippen molar-refractivity contribution in [3.8, 4) is 0 Å². The van der Waals surface area contributed by atoms with E-state index in [-0.39, 0.29) is 10.8 Å². The lowest BCUT2D eigenvalue weighted by atomic mass is 9.95. The van der Waals surface area contributed by atoms with Crippen molar-refractivity contribution < 1.29 is 13.2 Å². The van der Waals surface area contributed by atoms with E-state index in [9.17, 15) is 13.2 Å². The van der Waals surface area contributed by atoms with Crippen LogP contribution in [0.25, 0.3) is 0 Å². The Morgan fingerprint density at radius 3 is 2.37 bits per heavy atom. The van der Waals surface area contributed by atoms with Crippen LogP contribution in [0.5, 0.6) is 0 Å². The summed E-state index contributed by atoms with van der Waals surface area (Å²) in [6, 6.07) is 3.61. The Morgan fingerprint density at radius 1 is 1.07 bits per heavy atom. The van der Waals surface area contributed by atoms with Gasteiger partial charge in [-0.25, -0.2) is 13.4 Å². The second kappa shape index (κ2) is 9.89. The van der Waals surface area contributed by atoms with Crippen molar-refractivity contribution in [2.24, 2.45) is 0 Å². The summed E-state index contributed by atoms with van der Waals surface area (Å²) in [6.45, 7) is 1.17. The molecule has 3 rings (SSSR count). The molecule has 2 fully saturated rings. The molecule has 1 aliphatic carbocycles. The van der Waals surface area contributed by atoms with Crippen LogP contribution in [0, 0.1) is 0 Å². The Hall–Kier alpha value is -1.12. The quantitative estimate of drug-likeness (QED) is 0.727. The van der Waals surface area contributed by atoms with Gasteiger partial charge >= 0.3 is 0 Å². The molecule has 1 aromatic rings. The van der Waals surface area contributed by atoms with Crippen LogP contribution in [0.2, 0.25) is 0 Å². The summed E-state index contributed by atoms with van der Waals surface area (Å²) in [5.41, 5.74) is 0. The highest BCUT2D eigenvalue weighted by Gasteiger charge is 2.25. The van der Waals surface area contributed by atoms with Gasteiger partial charge in [0.2, 0.25) is 15.9 Å². The number of nitrogens with zero attached hydrogens (tertiary/aromatic N) is 2. The number of pyridine rings is 1. The van der Waals surface area contributed by atoms with E-state index in [0.717, 1.165) is 38.5 Å². The monoisotopic (exact) mass is 411 g/mol. The molecule has 8 heteroatoms. The normalized spacial score (nSPS) is 20.1. The van der Waals surface area contributed by atoms with Crippen molar-refractivity contribution in [2.75, 3.05) is 18.8 Å². The van der Waals surface area contributed by atoms with E-state index in [1.807, 2.05) is 0 Å². The van der Waals surface area contributed by atoms with Crippen LogP contribution >= 0.6 is 11.8 Å². The van der Waals surface area contributed by atoms with E-state index in [1.165, 1.54) is 37.2 Å². The minimum Gasteiger partial charge on any atom is -0.353 e. The van der Waals surface area contributed by atoms with Gasteiger partial charge in [-0.1, -0.05) is 43.9 Å². The third-order valence-corrected chi connectivity index (χ3v) is 8.06. The van der Waals surface area contributed by atoms with Gasteiger partial charge in [0.15, 0.2) is 0 Å². The summed E-state index contributed by atoms with van der Waals surface area (Å²) in [5.74, 6) is 0.330. The third kappa shape index (κ3) is 5.93. The Kier molecular flexibility index (Phi) is 7.55. The largest absolute Gasteiger partial charge is 0.353 e. The van der Waals surface area contributed by atoms with Crippen molar-refractivity contribution >= 4 is 27.7 Å². The number of carbonyl (C=O) groups is 1. The molecule has 0 aromatic carbocycles. The summed E-state index contributed by atoms with van der Waals surface area (Å²) in [4.78, 5) is 16.6. The summed E-state index contributed by atoms with van der Waals surface area (Å²) in [6.07, 6.45) is 11.2. The van der Waals surface area contributed by atoms with E-state index in [2.05, 4.69) is 10.3 Å². The van der Waals surface area contributed by atoms with Crippen molar-refractivity contribution in [3.05, 3.63) is 18.3 Å². The number of nitrogens with one attached hydrogen (secondary N) is 1. The Morgan fingerprint density at radius 2 is 1.74 bits per heavy atom. The van der Waals surface area contributed by atoms with Crippen LogP contribution in [0.3, 0.4) is 0 Å². The molecule has 6 nitrogen and oxygen atoms in total. The van der Waals surface area contributed by atoms with Crippen LogP contribution < -0.4 is 5.32 Å². The molecule has 0 bridgehead atoms. The molecule has 0 unspecified atom stereocenters. The number of sulfonamides is 1. The van der Waals surface area contributed by atoms with Crippen molar-refractivity contribution in [3.63, 3.8) is 0 Å². The van der Waals surface area contributed by atoms with Crippen LogP contribution in [0.1, 0.15) is 57.8 Å². The zero-order valence-electron chi connectivity index (χ0n) is 15.7. The van der Waals surface area contributed by atoms with Crippen LogP contribution in [-0.2, 0) is 14.8 Å². The molecular formula is C19H29N3O3S2. The Bertz CT molecular complexity index is 708. The minimum atomic E-state index is -3.47. The highest BCUT2D eigenvalue weighted by molar-refractivity contribution is 7.99. The van der Waals surface area contributed by atoms with Gasteiger partial charge in [-0.3, -0.25) is 4.79 Å².